The average Bonchev–Trinajstić information content (AvgIpc) is 2.60. The highest BCUT2D eigenvalue weighted by atomic mass is 32.1. The number of piperidine rings is 1. The second kappa shape index (κ2) is 4.80. The Morgan fingerprint density at radius 3 is 2.88 bits per heavy atom. The molecule has 0 aromatic carbocycles. The van der Waals surface area contributed by atoms with E-state index in [1.165, 1.54) is 12.8 Å². The predicted octanol–water partition coefficient (Wildman–Crippen LogP) is 2.98. The van der Waals surface area contributed by atoms with Gasteiger partial charge in [-0.2, -0.15) is 0 Å². The van der Waals surface area contributed by atoms with E-state index in [-0.39, 0.29) is 0 Å². The topological polar surface area (TPSA) is 36.9 Å². The minimum Gasteiger partial charge on any atom is -0.340 e. The Morgan fingerprint density at radius 2 is 2.24 bits per heavy atom. The Morgan fingerprint density at radius 1 is 1.47 bits per heavy atom. The number of hydrogen-bond donors (Lipinski definition) is 1. The van der Waals surface area contributed by atoms with Gasteiger partial charge in [0, 0.05) is 19.6 Å². The highest BCUT2D eigenvalue weighted by molar-refractivity contribution is 7.71. The molecule has 0 radical (unpaired) electrons. The summed E-state index contributed by atoms with van der Waals surface area (Å²) in [7, 11) is 0. The van der Waals surface area contributed by atoms with E-state index in [2.05, 4.69) is 40.4 Å². The lowest BCUT2D eigenvalue weighted by Gasteiger charge is -2.38. The number of aromatic amines is 1. The number of hydrogen-bond acceptors (Lipinski definition) is 3. The first-order valence-corrected chi connectivity index (χ1v) is 6.84. The van der Waals surface area contributed by atoms with Crippen LogP contribution in [0.25, 0.3) is 0 Å². The standard InChI is InChI=1S/C12H22N4S/c1-4-7-16-10(13-14-11(16)17)15-8-5-6-12(2,3)9-15/h4-9H2,1-3H3,(H,14,17). The van der Waals surface area contributed by atoms with Crippen molar-refractivity contribution in [3.63, 3.8) is 0 Å². The summed E-state index contributed by atoms with van der Waals surface area (Å²) in [6.07, 6.45) is 3.61. The molecule has 0 atom stereocenters. The molecule has 0 aliphatic carbocycles. The lowest BCUT2D eigenvalue weighted by atomic mass is 9.84. The van der Waals surface area contributed by atoms with Crippen molar-refractivity contribution < 1.29 is 0 Å². The number of anilines is 1. The van der Waals surface area contributed by atoms with Gasteiger partial charge in [-0.3, -0.25) is 4.57 Å². The van der Waals surface area contributed by atoms with Crippen molar-refractivity contribution in [1.29, 1.82) is 0 Å². The van der Waals surface area contributed by atoms with Crippen LogP contribution in [0, 0.1) is 10.2 Å². The normalized spacial score (nSPS) is 19.6. The third-order valence-electron chi connectivity index (χ3n) is 3.37. The predicted molar refractivity (Wildman–Crippen MR) is 72.9 cm³/mol. The van der Waals surface area contributed by atoms with Gasteiger partial charge >= 0.3 is 0 Å². The monoisotopic (exact) mass is 254 g/mol. The number of rotatable bonds is 3. The zero-order valence-electron chi connectivity index (χ0n) is 11.0. The third kappa shape index (κ3) is 2.70. The van der Waals surface area contributed by atoms with Gasteiger partial charge in [0.05, 0.1) is 0 Å². The number of nitrogens with one attached hydrogen (secondary N) is 1. The van der Waals surface area contributed by atoms with E-state index < -0.39 is 0 Å². The van der Waals surface area contributed by atoms with Crippen LogP contribution in [0.2, 0.25) is 0 Å². The Balaban J connectivity index is 2.24. The fourth-order valence-corrected chi connectivity index (χ4v) is 2.79. The first-order valence-electron chi connectivity index (χ1n) is 6.44. The highest BCUT2D eigenvalue weighted by Gasteiger charge is 2.28. The Bertz CT molecular complexity index is 432. The number of nitrogens with zero attached hydrogens (tertiary/aromatic N) is 3. The van der Waals surface area contributed by atoms with Crippen molar-refractivity contribution in [3.05, 3.63) is 4.77 Å². The van der Waals surface area contributed by atoms with E-state index in [0.717, 1.165) is 36.8 Å². The average molecular weight is 254 g/mol. The second-order valence-corrected chi connectivity index (χ2v) is 6.06. The molecule has 1 aromatic rings. The van der Waals surface area contributed by atoms with E-state index >= 15 is 0 Å². The maximum atomic E-state index is 5.28. The van der Waals surface area contributed by atoms with Crippen LogP contribution >= 0.6 is 12.2 Å². The molecule has 1 N–H and O–H groups in total. The summed E-state index contributed by atoms with van der Waals surface area (Å²) in [5.41, 5.74) is 0.378. The zero-order chi connectivity index (χ0) is 12.5. The molecular formula is C12H22N4S. The minimum absolute atomic E-state index is 0.378. The van der Waals surface area contributed by atoms with Gasteiger partial charge in [0.15, 0.2) is 4.77 Å². The van der Waals surface area contributed by atoms with Gasteiger partial charge in [-0.15, -0.1) is 5.10 Å². The van der Waals surface area contributed by atoms with Crippen molar-refractivity contribution >= 4 is 18.2 Å². The smallest absolute Gasteiger partial charge is 0.225 e. The molecular weight excluding hydrogens is 232 g/mol. The molecule has 96 valence electrons. The maximum Gasteiger partial charge on any atom is 0.225 e. The van der Waals surface area contributed by atoms with Gasteiger partial charge in [-0.25, -0.2) is 5.10 Å². The van der Waals surface area contributed by atoms with E-state index in [1.807, 2.05) is 0 Å². The fourth-order valence-electron chi connectivity index (χ4n) is 2.57. The SMILES string of the molecule is CCCn1c(N2CCCC(C)(C)C2)n[nH]c1=S. The number of H-pyrrole nitrogens is 1. The van der Waals surface area contributed by atoms with Crippen LogP contribution in [0.4, 0.5) is 5.95 Å². The molecule has 0 amide bonds. The van der Waals surface area contributed by atoms with Crippen LogP contribution in [0.5, 0.6) is 0 Å². The minimum atomic E-state index is 0.378. The summed E-state index contributed by atoms with van der Waals surface area (Å²) in [4.78, 5) is 2.37. The van der Waals surface area contributed by atoms with Crippen molar-refractivity contribution in [2.75, 3.05) is 18.0 Å². The first kappa shape index (κ1) is 12.6. The summed E-state index contributed by atoms with van der Waals surface area (Å²) in [5.74, 6) is 1.02. The van der Waals surface area contributed by atoms with Crippen LogP contribution in [-0.2, 0) is 6.54 Å². The van der Waals surface area contributed by atoms with E-state index in [4.69, 9.17) is 12.2 Å². The Kier molecular flexibility index (Phi) is 3.56. The quantitative estimate of drug-likeness (QED) is 0.843. The van der Waals surface area contributed by atoms with Gasteiger partial charge in [0.1, 0.15) is 0 Å². The van der Waals surface area contributed by atoms with Crippen LogP contribution in [0.3, 0.4) is 0 Å². The molecule has 17 heavy (non-hydrogen) atoms. The third-order valence-corrected chi connectivity index (χ3v) is 3.68. The highest BCUT2D eigenvalue weighted by Crippen LogP contribution is 2.30. The molecule has 1 aromatic heterocycles. The molecule has 1 saturated heterocycles. The molecule has 4 nitrogen and oxygen atoms in total. The lowest BCUT2D eigenvalue weighted by Crippen LogP contribution is -2.41. The zero-order valence-corrected chi connectivity index (χ0v) is 11.8. The van der Waals surface area contributed by atoms with Crippen molar-refractivity contribution in [2.45, 2.75) is 46.6 Å². The summed E-state index contributed by atoms with van der Waals surface area (Å²) < 4.78 is 2.86. The molecule has 1 fully saturated rings. The summed E-state index contributed by atoms with van der Waals surface area (Å²) in [6.45, 7) is 9.92. The van der Waals surface area contributed by atoms with Gasteiger partial charge in [0.2, 0.25) is 5.95 Å². The van der Waals surface area contributed by atoms with Crippen molar-refractivity contribution in [1.82, 2.24) is 14.8 Å². The largest absolute Gasteiger partial charge is 0.340 e. The molecule has 2 heterocycles. The van der Waals surface area contributed by atoms with Gasteiger partial charge in [0.25, 0.3) is 0 Å². The Hall–Kier alpha value is -0.840. The van der Waals surface area contributed by atoms with Crippen LogP contribution in [0.1, 0.15) is 40.0 Å². The van der Waals surface area contributed by atoms with Crippen molar-refractivity contribution in [3.8, 4) is 0 Å². The summed E-state index contributed by atoms with van der Waals surface area (Å²) in [5, 5.41) is 7.32. The molecule has 0 spiro atoms. The van der Waals surface area contributed by atoms with Crippen LogP contribution in [0.15, 0.2) is 0 Å². The molecule has 1 aliphatic heterocycles. The Labute approximate surface area is 108 Å². The molecule has 2 rings (SSSR count). The molecule has 1 aliphatic rings. The second-order valence-electron chi connectivity index (χ2n) is 5.67. The lowest BCUT2D eigenvalue weighted by molar-refractivity contribution is 0.289. The van der Waals surface area contributed by atoms with Crippen LogP contribution < -0.4 is 4.90 Å². The first-order chi connectivity index (χ1) is 8.03. The summed E-state index contributed by atoms with van der Waals surface area (Å²) in [6, 6.07) is 0. The molecule has 0 bridgehead atoms. The van der Waals surface area contributed by atoms with Gasteiger partial charge < -0.3 is 4.90 Å². The van der Waals surface area contributed by atoms with Gasteiger partial charge in [-0.1, -0.05) is 20.8 Å². The van der Waals surface area contributed by atoms with Crippen molar-refractivity contribution in [2.24, 2.45) is 5.41 Å². The fraction of sp³-hybridized carbons (Fsp3) is 0.833. The van der Waals surface area contributed by atoms with E-state index in [0.29, 0.717) is 5.41 Å². The van der Waals surface area contributed by atoms with Crippen LogP contribution in [-0.4, -0.2) is 27.9 Å². The molecule has 0 saturated carbocycles. The molecule has 5 heteroatoms. The van der Waals surface area contributed by atoms with E-state index in [1.54, 1.807) is 0 Å². The van der Waals surface area contributed by atoms with E-state index in [9.17, 15) is 0 Å². The maximum absolute atomic E-state index is 5.28. The number of aromatic nitrogens is 3. The summed E-state index contributed by atoms with van der Waals surface area (Å²) >= 11 is 5.28. The molecule has 0 unspecified atom stereocenters. The van der Waals surface area contributed by atoms with Gasteiger partial charge in [-0.05, 0) is 36.9 Å².